The minimum Gasteiger partial charge on any atom is -0.740 e. The highest BCUT2D eigenvalue weighted by atomic mass is 32.2. The van der Waals surface area contributed by atoms with Crippen molar-refractivity contribution in [2.45, 2.75) is 77.6 Å². The fourth-order valence-corrected chi connectivity index (χ4v) is 2.98. The van der Waals surface area contributed by atoms with Crippen LogP contribution in [0, 0.1) is 0 Å². The molecular formula is C18H29O3S-. The Morgan fingerprint density at radius 1 is 0.909 bits per heavy atom. The van der Waals surface area contributed by atoms with E-state index in [1.54, 1.807) is 12.1 Å². The fraction of sp³-hybridized carbons (Fsp3) is 0.667. The first-order valence-electron chi connectivity index (χ1n) is 8.59. The Hall–Kier alpha value is -0.870. The zero-order valence-corrected chi connectivity index (χ0v) is 14.5. The molecule has 1 aromatic rings. The predicted octanol–water partition coefficient (Wildman–Crippen LogP) is 5.32. The Kier molecular flexibility index (Phi) is 11.0. The fourth-order valence-electron chi connectivity index (χ4n) is 2.67. The third-order valence-electron chi connectivity index (χ3n) is 3.93. The average Bonchev–Trinajstić information content (AvgIpc) is 2.50. The van der Waals surface area contributed by atoms with Crippen LogP contribution in [0.4, 0.5) is 0 Å². The van der Waals surface area contributed by atoms with Gasteiger partial charge < -0.3 is 8.74 Å². The second-order valence-corrected chi connectivity index (χ2v) is 6.40. The molecule has 0 saturated heterocycles. The van der Waals surface area contributed by atoms with Gasteiger partial charge in [-0.3, -0.25) is 0 Å². The summed E-state index contributed by atoms with van der Waals surface area (Å²) in [7, 11) is 0. The molecule has 3 nitrogen and oxygen atoms in total. The molecule has 0 saturated carbocycles. The Morgan fingerprint density at radius 2 is 1.45 bits per heavy atom. The first-order chi connectivity index (χ1) is 10.7. The summed E-state index contributed by atoms with van der Waals surface area (Å²) in [4.78, 5) is 0. The van der Waals surface area contributed by atoms with Crippen LogP contribution in [0.2, 0.25) is 0 Å². The molecule has 0 amide bonds. The van der Waals surface area contributed by atoms with E-state index in [0.29, 0.717) is 5.75 Å². The van der Waals surface area contributed by atoms with E-state index in [-0.39, 0.29) is 0 Å². The average molecular weight is 325 g/mol. The lowest BCUT2D eigenvalue weighted by Crippen LogP contribution is -2.01. The van der Waals surface area contributed by atoms with Crippen molar-refractivity contribution in [1.29, 1.82) is 0 Å². The van der Waals surface area contributed by atoms with E-state index in [9.17, 15) is 8.76 Å². The minimum absolute atomic E-state index is 0.465. The Labute approximate surface area is 138 Å². The molecular weight excluding hydrogens is 296 g/mol. The molecule has 0 fully saturated rings. The summed E-state index contributed by atoms with van der Waals surface area (Å²) >= 11 is -2.49. The third kappa shape index (κ3) is 9.21. The topological polar surface area (TPSA) is 49.4 Å². The zero-order valence-electron chi connectivity index (χ0n) is 13.7. The van der Waals surface area contributed by atoms with Crippen LogP contribution >= 0.6 is 0 Å². The van der Waals surface area contributed by atoms with Gasteiger partial charge in [-0.15, -0.1) is 0 Å². The van der Waals surface area contributed by atoms with E-state index >= 15 is 0 Å². The highest BCUT2D eigenvalue weighted by molar-refractivity contribution is 7.74. The molecule has 0 spiro atoms. The molecule has 0 heterocycles. The van der Waals surface area contributed by atoms with Gasteiger partial charge in [0.1, 0.15) is 17.1 Å². The van der Waals surface area contributed by atoms with E-state index in [2.05, 4.69) is 6.92 Å². The van der Waals surface area contributed by atoms with Crippen LogP contribution in [0.5, 0.6) is 5.75 Å². The van der Waals surface area contributed by atoms with Gasteiger partial charge in [0, 0.05) is 0 Å². The molecule has 0 aromatic heterocycles. The number of para-hydroxylation sites is 1. The number of rotatable bonds is 13. The van der Waals surface area contributed by atoms with Gasteiger partial charge in [0.05, 0.1) is 0 Å². The van der Waals surface area contributed by atoms with E-state index in [1.165, 1.54) is 57.8 Å². The molecule has 22 heavy (non-hydrogen) atoms. The minimum atomic E-state index is -2.49. The number of hydrogen-bond acceptors (Lipinski definition) is 3. The van der Waals surface area contributed by atoms with Crippen LogP contribution in [0.25, 0.3) is 0 Å². The number of benzene rings is 1. The predicted molar refractivity (Wildman–Crippen MR) is 91.5 cm³/mol. The summed E-state index contributed by atoms with van der Waals surface area (Å²) in [6.45, 7) is 2.25. The summed E-state index contributed by atoms with van der Waals surface area (Å²) in [5.74, 6) is 0.465. The van der Waals surface area contributed by atoms with Gasteiger partial charge in [0.2, 0.25) is 0 Å². The highest BCUT2D eigenvalue weighted by Gasteiger charge is 2.03. The molecule has 0 aliphatic carbocycles. The van der Waals surface area contributed by atoms with Gasteiger partial charge in [-0.2, -0.15) is 0 Å². The monoisotopic (exact) mass is 325 g/mol. The van der Waals surface area contributed by atoms with Crippen molar-refractivity contribution in [3.05, 3.63) is 29.8 Å². The standard InChI is InChI=1S/C18H30O3S/c1-2-3-4-5-6-7-8-9-10-11-14-17-15-12-13-16-18(17)21-22(19)20/h12-13,15-16H,2-11,14H2,1H3,(H,19,20)/p-1. The largest absolute Gasteiger partial charge is 0.740 e. The smallest absolute Gasteiger partial charge is 0.142 e. The summed E-state index contributed by atoms with van der Waals surface area (Å²) in [5.41, 5.74) is 0.978. The van der Waals surface area contributed by atoms with Crippen molar-refractivity contribution in [3.63, 3.8) is 0 Å². The van der Waals surface area contributed by atoms with Crippen molar-refractivity contribution in [2.24, 2.45) is 0 Å². The second kappa shape index (κ2) is 12.7. The Balaban J connectivity index is 2.08. The maximum atomic E-state index is 10.6. The van der Waals surface area contributed by atoms with Gasteiger partial charge in [-0.1, -0.05) is 82.9 Å². The molecule has 1 rings (SSSR count). The van der Waals surface area contributed by atoms with E-state index < -0.39 is 11.4 Å². The van der Waals surface area contributed by atoms with Gasteiger partial charge in [0.25, 0.3) is 0 Å². The summed E-state index contributed by atoms with van der Waals surface area (Å²) < 4.78 is 26.1. The van der Waals surface area contributed by atoms with Crippen molar-refractivity contribution in [3.8, 4) is 5.75 Å². The van der Waals surface area contributed by atoms with E-state index in [0.717, 1.165) is 18.4 Å². The molecule has 126 valence electrons. The molecule has 4 heteroatoms. The summed E-state index contributed by atoms with van der Waals surface area (Å²) in [6, 6.07) is 7.37. The molecule has 0 aliphatic rings. The lowest BCUT2D eigenvalue weighted by atomic mass is 10.0. The second-order valence-electron chi connectivity index (χ2n) is 5.83. The normalized spacial score (nSPS) is 12.3. The SMILES string of the molecule is CCCCCCCCCCCCc1ccccc1OS(=O)[O-]. The third-order valence-corrected chi connectivity index (χ3v) is 4.25. The van der Waals surface area contributed by atoms with Crippen molar-refractivity contribution in [2.75, 3.05) is 0 Å². The molecule has 0 bridgehead atoms. The van der Waals surface area contributed by atoms with Gasteiger partial charge >= 0.3 is 0 Å². The molecule has 0 radical (unpaired) electrons. The first-order valence-corrected chi connectivity index (χ1v) is 9.59. The summed E-state index contributed by atoms with van der Waals surface area (Å²) in [5, 5.41) is 0. The van der Waals surface area contributed by atoms with Crippen molar-refractivity contribution >= 4 is 11.4 Å². The van der Waals surface area contributed by atoms with E-state index in [1.807, 2.05) is 12.1 Å². The molecule has 1 unspecified atom stereocenters. The lowest BCUT2D eigenvalue weighted by Gasteiger charge is -2.11. The summed E-state index contributed by atoms with van der Waals surface area (Å²) in [6.07, 6.45) is 13.9. The van der Waals surface area contributed by atoms with Crippen molar-refractivity contribution < 1.29 is 12.9 Å². The molecule has 1 atom stereocenters. The van der Waals surface area contributed by atoms with Crippen LogP contribution in [0.1, 0.15) is 76.7 Å². The lowest BCUT2D eigenvalue weighted by molar-refractivity contribution is 0.437. The number of unbranched alkanes of at least 4 members (excludes halogenated alkanes) is 9. The quantitative estimate of drug-likeness (QED) is 0.364. The van der Waals surface area contributed by atoms with Crippen LogP contribution in [0.15, 0.2) is 24.3 Å². The highest BCUT2D eigenvalue weighted by Crippen LogP contribution is 2.21. The van der Waals surface area contributed by atoms with Gasteiger partial charge in [-0.25, -0.2) is 4.21 Å². The zero-order chi connectivity index (χ0) is 16.0. The maximum absolute atomic E-state index is 10.6. The van der Waals surface area contributed by atoms with E-state index in [4.69, 9.17) is 4.18 Å². The van der Waals surface area contributed by atoms with Crippen LogP contribution in [-0.4, -0.2) is 8.76 Å². The number of hydrogen-bond donors (Lipinski definition) is 0. The van der Waals surface area contributed by atoms with Crippen LogP contribution in [0.3, 0.4) is 0 Å². The van der Waals surface area contributed by atoms with Gasteiger partial charge in [0.15, 0.2) is 0 Å². The van der Waals surface area contributed by atoms with Gasteiger partial charge in [-0.05, 0) is 24.5 Å². The van der Waals surface area contributed by atoms with Crippen LogP contribution in [-0.2, 0) is 17.8 Å². The molecule has 0 N–H and O–H groups in total. The maximum Gasteiger partial charge on any atom is 0.142 e. The molecule has 0 aliphatic heterocycles. The first kappa shape index (κ1) is 19.2. The molecule has 1 aromatic carbocycles. The van der Waals surface area contributed by atoms with Crippen LogP contribution < -0.4 is 4.18 Å². The Morgan fingerprint density at radius 3 is 2.05 bits per heavy atom. The number of aryl methyl sites for hydroxylation is 1. The Bertz CT molecular complexity index is 421. The van der Waals surface area contributed by atoms with Crippen molar-refractivity contribution in [1.82, 2.24) is 0 Å².